The fourth-order valence-electron chi connectivity index (χ4n) is 7.61. The van der Waals surface area contributed by atoms with E-state index in [2.05, 4.69) is 141 Å². The second-order valence-electron chi connectivity index (χ2n) is 13.7. The summed E-state index contributed by atoms with van der Waals surface area (Å²) >= 11 is 0. The molecule has 242 valence electrons. The van der Waals surface area contributed by atoms with Crippen LogP contribution in [0.3, 0.4) is 0 Å². The number of rotatable bonds is 4. The predicted molar refractivity (Wildman–Crippen MR) is 215 cm³/mol. The highest BCUT2D eigenvalue weighted by atomic mass is 14.9. The topological polar surface area (TPSA) is 38.0 Å². The van der Waals surface area contributed by atoms with Gasteiger partial charge in [0.25, 0.3) is 0 Å². The Labute approximate surface area is 294 Å². The third-order valence-corrected chi connectivity index (χ3v) is 10.1. The summed E-state index contributed by atoms with van der Waals surface area (Å²) in [6.07, 6.45) is 0. The molecule has 2 heteroatoms. The highest BCUT2D eigenvalue weighted by Crippen LogP contribution is 2.53. The number of benzene rings is 8. The zero-order valence-electron chi connectivity index (χ0n) is 28.7. The fourth-order valence-corrected chi connectivity index (χ4v) is 7.61. The van der Waals surface area contributed by atoms with E-state index in [1.54, 1.807) is 0 Å². The first-order chi connectivity index (χ1) is 24.4. The van der Waals surface area contributed by atoms with Crippen molar-refractivity contribution in [2.45, 2.75) is 26.2 Å². The number of fused-ring (bicyclic) bond motifs is 5. The molecule has 3 N–H and O–H groups in total. The summed E-state index contributed by atoms with van der Waals surface area (Å²) in [5, 5.41) is 8.51. The lowest BCUT2D eigenvalue weighted by Crippen LogP contribution is -2.14. The number of hydrogen-bond acceptors (Lipinski definition) is 2. The molecule has 0 spiro atoms. The third-order valence-electron chi connectivity index (χ3n) is 10.1. The monoisotopic (exact) mass is 644 g/mol. The number of aryl methyl sites for hydroxylation is 1. The molecule has 1 aliphatic carbocycles. The van der Waals surface area contributed by atoms with Gasteiger partial charge in [-0.1, -0.05) is 153 Å². The Hall–Kier alpha value is -6.12. The van der Waals surface area contributed by atoms with Gasteiger partial charge in [-0.15, -0.1) is 0 Å². The molecule has 0 fully saturated rings. The van der Waals surface area contributed by atoms with Gasteiger partial charge in [-0.3, -0.25) is 0 Å². The summed E-state index contributed by atoms with van der Waals surface area (Å²) in [7, 11) is 0. The number of hydrogen-bond donors (Lipinski definition) is 2. The van der Waals surface area contributed by atoms with Crippen molar-refractivity contribution in [1.82, 2.24) is 0 Å². The van der Waals surface area contributed by atoms with E-state index in [4.69, 9.17) is 5.73 Å². The second-order valence-corrected chi connectivity index (χ2v) is 13.7. The maximum Gasteiger partial charge on any atom is 0.0617 e. The van der Waals surface area contributed by atoms with Crippen molar-refractivity contribution in [3.8, 4) is 33.4 Å². The van der Waals surface area contributed by atoms with Gasteiger partial charge in [0.1, 0.15) is 0 Å². The summed E-state index contributed by atoms with van der Waals surface area (Å²) in [5.74, 6) is 0. The normalized spacial score (nSPS) is 12.5. The van der Waals surface area contributed by atoms with E-state index in [1.807, 2.05) is 54.6 Å². The maximum atomic E-state index is 5.81. The van der Waals surface area contributed by atoms with Crippen molar-refractivity contribution >= 4 is 38.6 Å². The van der Waals surface area contributed by atoms with Gasteiger partial charge in [-0.2, -0.15) is 0 Å². The van der Waals surface area contributed by atoms with Crippen LogP contribution in [0.5, 0.6) is 0 Å². The van der Waals surface area contributed by atoms with E-state index < -0.39 is 0 Å². The molecule has 8 aromatic carbocycles. The van der Waals surface area contributed by atoms with E-state index in [9.17, 15) is 0 Å². The molecule has 0 amide bonds. The number of anilines is 3. The lowest BCUT2D eigenvalue weighted by molar-refractivity contribution is 0.661. The molecule has 9 rings (SSSR count). The SMILES string of the molecule is Cc1ccc(-c2c3ccccc3c(-c3ccccc3)c3cc4c(cc23)-c2ccccc2C4(C)C)cc1.Nc1ccccc1Nc1ccccc1. The quantitative estimate of drug-likeness (QED) is 0.148. The number of nitrogens with two attached hydrogens (primary N) is 1. The van der Waals surface area contributed by atoms with E-state index in [-0.39, 0.29) is 5.41 Å². The summed E-state index contributed by atoms with van der Waals surface area (Å²) in [6, 6.07) is 60.5. The molecule has 0 unspecified atom stereocenters. The van der Waals surface area contributed by atoms with E-state index in [0.29, 0.717) is 0 Å². The summed E-state index contributed by atoms with van der Waals surface area (Å²) in [6.45, 7) is 6.89. The lowest BCUT2D eigenvalue weighted by Gasteiger charge is -2.23. The Balaban J connectivity index is 0.000000216. The Kier molecular flexibility index (Phi) is 7.93. The zero-order valence-corrected chi connectivity index (χ0v) is 28.7. The minimum Gasteiger partial charge on any atom is -0.397 e. The maximum absolute atomic E-state index is 5.81. The summed E-state index contributed by atoms with van der Waals surface area (Å²) in [5.41, 5.74) is 20.5. The highest BCUT2D eigenvalue weighted by Gasteiger charge is 2.36. The van der Waals surface area contributed by atoms with Crippen molar-refractivity contribution in [2.24, 2.45) is 0 Å². The smallest absolute Gasteiger partial charge is 0.0617 e. The van der Waals surface area contributed by atoms with Crippen LogP contribution in [-0.4, -0.2) is 0 Å². The number of nitrogens with one attached hydrogen (secondary N) is 1. The predicted octanol–water partition coefficient (Wildman–Crippen LogP) is 13.0. The third kappa shape index (κ3) is 5.49. The van der Waals surface area contributed by atoms with Gasteiger partial charge in [-0.05, 0) is 109 Å². The van der Waals surface area contributed by atoms with Crippen LogP contribution in [0.1, 0.15) is 30.5 Å². The van der Waals surface area contributed by atoms with Crippen molar-refractivity contribution in [3.63, 3.8) is 0 Å². The highest BCUT2D eigenvalue weighted by molar-refractivity contribution is 6.22. The Bertz CT molecular complexity index is 2480. The van der Waals surface area contributed by atoms with Crippen molar-refractivity contribution in [3.05, 3.63) is 187 Å². The van der Waals surface area contributed by atoms with Crippen LogP contribution in [0, 0.1) is 6.92 Å². The first-order valence-corrected chi connectivity index (χ1v) is 17.3. The molecule has 50 heavy (non-hydrogen) atoms. The van der Waals surface area contributed by atoms with Crippen LogP contribution >= 0.6 is 0 Å². The minimum atomic E-state index is -0.0380. The molecule has 0 saturated heterocycles. The molecular formula is C48H40N2. The number of nitrogen functional groups attached to an aromatic ring is 1. The van der Waals surface area contributed by atoms with Gasteiger partial charge < -0.3 is 11.1 Å². The van der Waals surface area contributed by atoms with Crippen LogP contribution in [0.2, 0.25) is 0 Å². The Morgan fingerprint density at radius 1 is 0.460 bits per heavy atom. The van der Waals surface area contributed by atoms with E-state index in [1.165, 1.54) is 71.6 Å². The van der Waals surface area contributed by atoms with Gasteiger partial charge in [0.2, 0.25) is 0 Å². The second kappa shape index (κ2) is 12.7. The van der Waals surface area contributed by atoms with Crippen molar-refractivity contribution < 1.29 is 0 Å². The van der Waals surface area contributed by atoms with Gasteiger partial charge in [-0.25, -0.2) is 0 Å². The first kappa shape index (κ1) is 31.2. The molecule has 0 heterocycles. The largest absolute Gasteiger partial charge is 0.397 e. The average Bonchev–Trinajstić information content (AvgIpc) is 3.37. The van der Waals surface area contributed by atoms with E-state index in [0.717, 1.165) is 17.1 Å². The van der Waals surface area contributed by atoms with Gasteiger partial charge in [0.05, 0.1) is 11.4 Å². The van der Waals surface area contributed by atoms with Crippen LogP contribution < -0.4 is 11.1 Å². The Morgan fingerprint density at radius 2 is 1.00 bits per heavy atom. The van der Waals surface area contributed by atoms with Crippen LogP contribution in [-0.2, 0) is 5.41 Å². The van der Waals surface area contributed by atoms with Gasteiger partial charge in [0, 0.05) is 11.1 Å². The molecule has 0 radical (unpaired) electrons. The standard InChI is InChI=1S/C36H28.C12H12N2/c1-23-17-19-25(20-18-23)35-28-15-8-7-14-27(28)34(24-11-5-4-6-12-24)31-22-33-29(21-30(31)35)26-13-9-10-16-32(26)36(33,2)3;13-11-8-4-5-9-12(11)14-10-6-2-1-3-7-10/h4-22H,1-3H3;1-9,14H,13H2. The fraction of sp³-hybridized carbons (Fsp3) is 0.0833. The zero-order chi connectivity index (χ0) is 34.2. The molecular weight excluding hydrogens is 605 g/mol. The van der Waals surface area contributed by atoms with Gasteiger partial charge in [0.15, 0.2) is 0 Å². The summed E-state index contributed by atoms with van der Waals surface area (Å²) < 4.78 is 0. The van der Waals surface area contributed by atoms with E-state index >= 15 is 0 Å². The molecule has 0 aromatic heterocycles. The molecule has 0 atom stereocenters. The molecule has 1 aliphatic rings. The number of para-hydroxylation sites is 3. The van der Waals surface area contributed by atoms with Crippen molar-refractivity contribution in [1.29, 1.82) is 0 Å². The molecule has 0 aliphatic heterocycles. The summed E-state index contributed by atoms with van der Waals surface area (Å²) in [4.78, 5) is 0. The molecule has 2 nitrogen and oxygen atoms in total. The lowest BCUT2D eigenvalue weighted by atomic mass is 9.79. The Morgan fingerprint density at radius 3 is 1.68 bits per heavy atom. The minimum absolute atomic E-state index is 0.0380. The molecule has 8 aromatic rings. The van der Waals surface area contributed by atoms with Crippen LogP contribution in [0.15, 0.2) is 170 Å². The average molecular weight is 645 g/mol. The molecule has 0 saturated carbocycles. The van der Waals surface area contributed by atoms with Crippen LogP contribution in [0.25, 0.3) is 54.9 Å². The molecule has 0 bridgehead atoms. The van der Waals surface area contributed by atoms with Gasteiger partial charge >= 0.3 is 0 Å². The van der Waals surface area contributed by atoms with Crippen LogP contribution in [0.4, 0.5) is 17.1 Å². The van der Waals surface area contributed by atoms with Crippen molar-refractivity contribution in [2.75, 3.05) is 11.1 Å². The first-order valence-electron chi connectivity index (χ1n) is 17.3.